The molecule has 0 unspecified atom stereocenters. The number of nitrogens with zero attached hydrogens (tertiary/aromatic N) is 1. The molecule has 3 rings (SSSR count). The molecule has 1 aromatic carbocycles. The molecule has 0 spiro atoms. The molecule has 1 N–H and O–H groups in total. The second kappa shape index (κ2) is 9.28. The van der Waals surface area contributed by atoms with Gasteiger partial charge >= 0.3 is 0 Å². The third kappa shape index (κ3) is 5.12. The van der Waals surface area contributed by atoms with Gasteiger partial charge in [-0.1, -0.05) is 19.1 Å². The number of hydrogen-bond acceptors (Lipinski definition) is 3. The lowest BCUT2D eigenvalue weighted by Crippen LogP contribution is -2.40. The Morgan fingerprint density at radius 3 is 2.54 bits per heavy atom. The number of likely N-dealkylation sites (tertiary alicyclic amines) is 1. The number of rotatable bonds is 7. The molecule has 5 heteroatoms. The maximum atomic E-state index is 12.8. The van der Waals surface area contributed by atoms with E-state index in [0.29, 0.717) is 11.8 Å². The van der Waals surface area contributed by atoms with Gasteiger partial charge in [-0.3, -0.25) is 4.79 Å². The normalized spacial score (nSPS) is 18.1. The zero-order chi connectivity index (χ0) is 16.1. The molecule has 0 bridgehead atoms. The number of halogens is 1. The van der Waals surface area contributed by atoms with Gasteiger partial charge in [-0.2, -0.15) is 0 Å². The van der Waals surface area contributed by atoms with Crippen LogP contribution in [0, 0.1) is 11.8 Å². The van der Waals surface area contributed by atoms with Crippen LogP contribution in [-0.2, 0) is 0 Å². The summed E-state index contributed by atoms with van der Waals surface area (Å²) >= 11 is 0. The Bertz CT molecular complexity index is 526. The van der Waals surface area contributed by atoms with Crippen LogP contribution in [0.5, 0.6) is 5.75 Å². The van der Waals surface area contributed by atoms with Gasteiger partial charge in [0.05, 0.1) is 12.2 Å². The van der Waals surface area contributed by atoms with Gasteiger partial charge in [0.25, 0.3) is 5.91 Å². The molecular formula is C19H29ClN2O2. The molecule has 24 heavy (non-hydrogen) atoms. The van der Waals surface area contributed by atoms with E-state index < -0.39 is 0 Å². The number of para-hydroxylation sites is 1. The fourth-order valence-electron chi connectivity index (χ4n) is 3.12. The van der Waals surface area contributed by atoms with Gasteiger partial charge in [-0.15, -0.1) is 12.4 Å². The van der Waals surface area contributed by atoms with E-state index in [2.05, 4.69) is 12.2 Å². The number of carbonyl (C=O) groups is 1. The highest BCUT2D eigenvalue weighted by molar-refractivity contribution is 5.97. The highest BCUT2D eigenvalue weighted by atomic mass is 35.5. The Kier molecular flexibility index (Phi) is 7.38. The summed E-state index contributed by atoms with van der Waals surface area (Å²) in [7, 11) is 0. The summed E-state index contributed by atoms with van der Waals surface area (Å²) in [6.45, 7) is 6.68. The fraction of sp³-hybridized carbons (Fsp3) is 0.632. The summed E-state index contributed by atoms with van der Waals surface area (Å²) in [4.78, 5) is 14.8. The Labute approximate surface area is 151 Å². The second-order valence-corrected chi connectivity index (χ2v) is 6.79. The fourth-order valence-corrected chi connectivity index (χ4v) is 3.12. The van der Waals surface area contributed by atoms with Crippen molar-refractivity contribution in [3.8, 4) is 5.75 Å². The van der Waals surface area contributed by atoms with Crippen molar-refractivity contribution in [2.45, 2.75) is 32.6 Å². The molecule has 1 aliphatic heterocycles. The quantitative estimate of drug-likeness (QED) is 0.818. The van der Waals surface area contributed by atoms with Crippen molar-refractivity contribution in [2.75, 3.05) is 32.8 Å². The summed E-state index contributed by atoms with van der Waals surface area (Å²) in [6.07, 6.45) is 4.69. The largest absolute Gasteiger partial charge is 0.492 e. The molecular weight excluding hydrogens is 324 g/mol. The standard InChI is InChI=1S/C19H28N2O2.ClH/c1-2-20-13-15-9-11-21(12-10-15)19(22)17-5-3-4-6-18(17)23-14-16-7-8-16;/h3-6,15-16,20H,2,7-14H2,1H3;1H. The minimum Gasteiger partial charge on any atom is -0.492 e. The van der Waals surface area contributed by atoms with E-state index >= 15 is 0 Å². The molecule has 0 aromatic heterocycles. The Morgan fingerprint density at radius 1 is 1.17 bits per heavy atom. The lowest BCUT2D eigenvalue weighted by molar-refractivity contribution is 0.0685. The highest BCUT2D eigenvalue weighted by Crippen LogP contribution is 2.31. The number of nitrogens with one attached hydrogen (secondary N) is 1. The molecule has 1 aliphatic carbocycles. The van der Waals surface area contributed by atoms with Crippen LogP contribution in [0.15, 0.2) is 24.3 Å². The van der Waals surface area contributed by atoms with Gasteiger partial charge in [-0.05, 0) is 62.7 Å². The molecule has 134 valence electrons. The summed E-state index contributed by atoms with van der Waals surface area (Å²) in [6, 6.07) is 7.69. The summed E-state index contributed by atoms with van der Waals surface area (Å²) in [5, 5.41) is 3.41. The molecule has 4 nitrogen and oxygen atoms in total. The number of piperidine rings is 1. The van der Waals surface area contributed by atoms with Gasteiger partial charge in [0, 0.05) is 13.1 Å². The number of ether oxygens (including phenoxy) is 1. The Hall–Kier alpha value is -1.26. The van der Waals surface area contributed by atoms with Crippen LogP contribution >= 0.6 is 12.4 Å². The Balaban J connectivity index is 0.00000208. The van der Waals surface area contributed by atoms with E-state index in [1.807, 2.05) is 29.2 Å². The van der Waals surface area contributed by atoms with Crippen LogP contribution in [0.25, 0.3) is 0 Å². The molecule has 1 saturated heterocycles. The second-order valence-electron chi connectivity index (χ2n) is 6.79. The maximum Gasteiger partial charge on any atom is 0.257 e. The van der Waals surface area contributed by atoms with Crippen LogP contribution in [0.3, 0.4) is 0 Å². The predicted octanol–water partition coefficient (Wildman–Crippen LogP) is 3.36. The highest BCUT2D eigenvalue weighted by Gasteiger charge is 2.26. The first-order valence-corrected chi connectivity index (χ1v) is 8.99. The first-order valence-electron chi connectivity index (χ1n) is 8.99. The van der Waals surface area contributed by atoms with E-state index in [1.54, 1.807) is 0 Å². The number of hydrogen-bond donors (Lipinski definition) is 1. The number of benzene rings is 1. The zero-order valence-electron chi connectivity index (χ0n) is 14.5. The van der Waals surface area contributed by atoms with Crippen molar-refractivity contribution >= 4 is 18.3 Å². The lowest BCUT2D eigenvalue weighted by atomic mass is 9.96. The third-order valence-electron chi connectivity index (χ3n) is 4.87. The van der Waals surface area contributed by atoms with Gasteiger partial charge in [0.1, 0.15) is 5.75 Å². The zero-order valence-corrected chi connectivity index (χ0v) is 15.3. The molecule has 1 amide bonds. The average molecular weight is 353 g/mol. The monoisotopic (exact) mass is 352 g/mol. The topological polar surface area (TPSA) is 41.6 Å². The molecule has 2 fully saturated rings. The van der Waals surface area contributed by atoms with Crippen LogP contribution in [-0.4, -0.2) is 43.6 Å². The number of carbonyl (C=O) groups excluding carboxylic acids is 1. The summed E-state index contributed by atoms with van der Waals surface area (Å²) in [5.74, 6) is 2.26. The molecule has 1 heterocycles. The average Bonchev–Trinajstić information content (AvgIpc) is 3.43. The van der Waals surface area contributed by atoms with Crippen molar-refractivity contribution in [3.05, 3.63) is 29.8 Å². The first-order chi connectivity index (χ1) is 11.3. The number of amides is 1. The first kappa shape index (κ1) is 19.1. The van der Waals surface area contributed by atoms with Crippen LogP contribution in [0.4, 0.5) is 0 Å². The van der Waals surface area contributed by atoms with Gasteiger partial charge in [-0.25, -0.2) is 0 Å². The smallest absolute Gasteiger partial charge is 0.257 e. The SMILES string of the molecule is CCNCC1CCN(C(=O)c2ccccc2OCC2CC2)CC1.Cl. The molecule has 1 aromatic rings. The summed E-state index contributed by atoms with van der Waals surface area (Å²) in [5.41, 5.74) is 0.721. The van der Waals surface area contributed by atoms with Crippen molar-refractivity contribution in [3.63, 3.8) is 0 Å². The van der Waals surface area contributed by atoms with Gasteiger partial charge < -0.3 is 15.0 Å². The molecule has 0 atom stereocenters. The van der Waals surface area contributed by atoms with E-state index in [1.165, 1.54) is 12.8 Å². The van der Waals surface area contributed by atoms with E-state index in [-0.39, 0.29) is 18.3 Å². The lowest BCUT2D eigenvalue weighted by Gasteiger charge is -2.32. The van der Waals surface area contributed by atoms with Crippen LogP contribution in [0.1, 0.15) is 43.0 Å². The van der Waals surface area contributed by atoms with Crippen LogP contribution in [0.2, 0.25) is 0 Å². The van der Waals surface area contributed by atoms with Gasteiger partial charge in [0.2, 0.25) is 0 Å². The Morgan fingerprint density at radius 2 is 1.88 bits per heavy atom. The van der Waals surface area contributed by atoms with Crippen molar-refractivity contribution in [2.24, 2.45) is 11.8 Å². The molecule has 0 radical (unpaired) electrons. The van der Waals surface area contributed by atoms with E-state index in [0.717, 1.165) is 56.9 Å². The minimum atomic E-state index is 0. The van der Waals surface area contributed by atoms with Crippen molar-refractivity contribution in [1.82, 2.24) is 10.2 Å². The summed E-state index contributed by atoms with van der Waals surface area (Å²) < 4.78 is 5.89. The predicted molar refractivity (Wildman–Crippen MR) is 99.1 cm³/mol. The van der Waals surface area contributed by atoms with Crippen LogP contribution < -0.4 is 10.1 Å². The minimum absolute atomic E-state index is 0. The van der Waals surface area contributed by atoms with E-state index in [9.17, 15) is 4.79 Å². The maximum absolute atomic E-state index is 12.8. The van der Waals surface area contributed by atoms with Crippen molar-refractivity contribution in [1.29, 1.82) is 0 Å². The van der Waals surface area contributed by atoms with E-state index in [4.69, 9.17) is 4.74 Å². The van der Waals surface area contributed by atoms with Crippen molar-refractivity contribution < 1.29 is 9.53 Å². The third-order valence-corrected chi connectivity index (χ3v) is 4.87. The van der Waals surface area contributed by atoms with Gasteiger partial charge in [0.15, 0.2) is 0 Å². The molecule has 2 aliphatic rings. The molecule has 1 saturated carbocycles.